The van der Waals surface area contributed by atoms with Crippen LogP contribution in [0.4, 0.5) is 0 Å². The Hall–Kier alpha value is -0.400. The van der Waals surface area contributed by atoms with E-state index in [-0.39, 0.29) is 11.5 Å². The van der Waals surface area contributed by atoms with E-state index < -0.39 is 22.9 Å². The van der Waals surface area contributed by atoms with E-state index in [0.29, 0.717) is 0 Å². The Bertz CT molecular complexity index is 271. The van der Waals surface area contributed by atoms with E-state index in [1.807, 2.05) is 0 Å². The van der Waals surface area contributed by atoms with Crippen molar-refractivity contribution in [2.24, 2.45) is 11.5 Å². The van der Waals surface area contributed by atoms with Crippen LogP contribution in [0.2, 0.25) is 0 Å². The van der Waals surface area contributed by atoms with Crippen molar-refractivity contribution in [1.29, 1.82) is 0 Å². The lowest BCUT2D eigenvalue weighted by atomic mass is 10.00. The van der Waals surface area contributed by atoms with Gasteiger partial charge in [-0.3, -0.25) is 9.59 Å². The lowest BCUT2D eigenvalue weighted by Crippen LogP contribution is -2.64. The molecule has 5 nitrogen and oxygen atoms in total. The van der Waals surface area contributed by atoms with Gasteiger partial charge >= 0.3 is 0 Å². The van der Waals surface area contributed by atoms with Gasteiger partial charge < -0.3 is 16.8 Å². The second kappa shape index (κ2) is 5.09. The first-order valence-corrected chi connectivity index (χ1v) is 5.59. The summed E-state index contributed by atoms with van der Waals surface area (Å²) in [5.41, 5.74) is 8.48. The molecule has 88 valence electrons. The van der Waals surface area contributed by atoms with Crippen molar-refractivity contribution in [2.75, 3.05) is 11.5 Å². The Morgan fingerprint density at radius 1 is 1.27 bits per heavy atom. The van der Waals surface area contributed by atoms with E-state index in [1.54, 1.807) is 0 Å². The van der Waals surface area contributed by atoms with E-state index in [2.05, 4.69) is 30.6 Å². The van der Waals surface area contributed by atoms with E-state index in [0.717, 1.165) is 0 Å². The first-order valence-electron chi connectivity index (χ1n) is 4.33. The average Bonchev–Trinajstić information content (AvgIpc) is 2.17. The summed E-state index contributed by atoms with van der Waals surface area (Å²) in [5, 5.41) is 2.47. The quantitative estimate of drug-likeness (QED) is 0.402. The van der Waals surface area contributed by atoms with Crippen molar-refractivity contribution >= 4 is 37.1 Å². The lowest BCUT2D eigenvalue weighted by molar-refractivity contribution is -0.132. The molecular weight excluding hydrogens is 234 g/mol. The summed E-state index contributed by atoms with van der Waals surface area (Å²) < 4.78 is 0. The molecule has 5 N–H and O–H groups in total. The van der Waals surface area contributed by atoms with Gasteiger partial charge in [0.2, 0.25) is 11.8 Å². The molecule has 0 saturated heterocycles. The largest absolute Gasteiger partial charge is 0.368 e. The molecule has 0 radical (unpaired) electrons. The number of carbonyl (C=O) groups is 2. The smallest absolute Gasteiger partial charge is 0.243 e. The SMILES string of the molecule is CC(N)(CS)C(=O)N[C@@](C)(CS)C(N)=O. The fourth-order valence-electron chi connectivity index (χ4n) is 0.644. The van der Waals surface area contributed by atoms with Crippen LogP contribution in [0.5, 0.6) is 0 Å². The summed E-state index contributed by atoms with van der Waals surface area (Å²) >= 11 is 7.91. The number of nitrogens with one attached hydrogen (secondary N) is 1. The number of carbonyl (C=O) groups excluding carboxylic acids is 2. The third-order valence-electron chi connectivity index (χ3n) is 2.10. The number of rotatable bonds is 5. The average molecular weight is 251 g/mol. The molecule has 1 unspecified atom stereocenters. The monoisotopic (exact) mass is 251 g/mol. The zero-order valence-electron chi connectivity index (χ0n) is 8.78. The Labute approximate surface area is 100 Å². The van der Waals surface area contributed by atoms with E-state index in [4.69, 9.17) is 11.5 Å². The van der Waals surface area contributed by atoms with Gasteiger partial charge in [0.05, 0.1) is 0 Å². The van der Waals surface area contributed by atoms with Gasteiger partial charge in [0.1, 0.15) is 11.1 Å². The maximum absolute atomic E-state index is 11.6. The number of primary amides is 1. The number of hydrogen-bond acceptors (Lipinski definition) is 5. The highest BCUT2D eigenvalue weighted by Gasteiger charge is 2.36. The van der Waals surface area contributed by atoms with Gasteiger partial charge in [-0.2, -0.15) is 25.3 Å². The molecule has 0 spiro atoms. The molecule has 0 aromatic carbocycles. The predicted octanol–water partition coefficient (Wildman–Crippen LogP) is -1.08. The van der Waals surface area contributed by atoms with Gasteiger partial charge in [-0.05, 0) is 13.8 Å². The molecular formula is C8H17N3O2S2. The van der Waals surface area contributed by atoms with Crippen LogP contribution in [0.3, 0.4) is 0 Å². The molecule has 0 bridgehead atoms. The maximum Gasteiger partial charge on any atom is 0.243 e. The molecule has 0 rings (SSSR count). The number of thiol groups is 2. The minimum Gasteiger partial charge on any atom is -0.368 e. The second-order valence-electron chi connectivity index (χ2n) is 3.88. The molecule has 0 fully saturated rings. The molecule has 0 aliphatic heterocycles. The Kier molecular flexibility index (Phi) is 4.95. The number of hydrogen-bond donors (Lipinski definition) is 5. The van der Waals surface area contributed by atoms with Gasteiger partial charge in [-0.25, -0.2) is 0 Å². The highest BCUT2D eigenvalue weighted by Crippen LogP contribution is 2.09. The van der Waals surface area contributed by atoms with Crippen molar-refractivity contribution < 1.29 is 9.59 Å². The van der Waals surface area contributed by atoms with Crippen LogP contribution in [0.15, 0.2) is 0 Å². The van der Waals surface area contributed by atoms with Crippen LogP contribution < -0.4 is 16.8 Å². The van der Waals surface area contributed by atoms with Crippen LogP contribution in [-0.2, 0) is 9.59 Å². The molecule has 0 aromatic rings. The molecule has 2 amide bonds. The highest BCUT2D eigenvalue weighted by molar-refractivity contribution is 7.80. The molecule has 0 heterocycles. The first-order chi connectivity index (χ1) is 6.69. The highest BCUT2D eigenvalue weighted by atomic mass is 32.1. The zero-order valence-corrected chi connectivity index (χ0v) is 10.6. The van der Waals surface area contributed by atoms with Crippen molar-refractivity contribution in [3.8, 4) is 0 Å². The zero-order chi connectivity index (χ0) is 12.3. The molecule has 0 saturated carbocycles. The second-order valence-corrected chi connectivity index (χ2v) is 4.52. The van der Waals surface area contributed by atoms with Crippen molar-refractivity contribution in [1.82, 2.24) is 5.32 Å². The third-order valence-corrected chi connectivity index (χ3v) is 3.39. The molecule has 0 aliphatic carbocycles. The minimum atomic E-state index is -1.19. The summed E-state index contributed by atoms with van der Waals surface area (Å²) in [6.45, 7) is 3.02. The Morgan fingerprint density at radius 3 is 2.00 bits per heavy atom. The minimum absolute atomic E-state index is 0.108. The van der Waals surface area contributed by atoms with Crippen LogP contribution >= 0.6 is 25.3 Å². The Morgan fingerprint density at radius 2 is 1.73 bits per heavy atom. The van der Waals surface area contributed by atoms with Crippen molar-refractivity contribution in [3.63, 3.8) is 0 Å². The normalized spacial score (nSPS) is 18.7. The van der Waals surface area contributed by atoms with E-state index in [1.165, 1.54) is 13.8 Å². The van der Waals surface area contributed by atoms with E-state index >= 15 is 0 Å². The van der Waals surface area contributed by atoms with Crippen molar-refractivity contribution in [2.45, 2.75) is 24.9 Å². The van der Waals surface area contributed by atoms with Gasteiger partial charge in [0.15, 0.2) is 0 Å². The van der Waals surface area contributed by atoms with E-state index in [9.17, 15) is 9.59 Å². The first kappa shape index (κ1) is 14.6. The summed E-state index contributed by atoms with van der Waals surface area (Å²) in [7, 11) is 0. The van der Waals surface area contributed by atoms with Crippen molar-refractivity contribution in [3.05, 3.63) is 0 Å². The predicted molar refractivity (Wildman–Crippen MR) is 66.0 cm³/mol. The van der Waals surface area contributed by atoms with Crippen LogP contribution in [0.1, 0.15) is 13.8 Å². The maximum atomic E-state index is 11.6. The van der Waals surface area contributed by atoms with Gasteiger partial charge in [0.25, 0.3) is 0 Å². The summed E-state index contributed by atoms with van der Waals surface area (Å²) in [6, 6.07) is 0. The topological polar surface area (TPSA) is 98.2 Å². The fraction of sp³-hybridized carbons (Fsp3) is 0.750. The van der Waals surface area contributed by atoms with Gasteiger partial charge in [-0.1, -0.05) is 0 Å². The fourth-order valence-corrected chi connectivity index (χ4v) is 1.02. The molecule has 15 heavy (non-hydrogen) atoms. The van der Waals surface area contributed by atoms with Crippen LogP contribution in [0.25, 0.3) is 0 Å². The molecule has 2 atom stereocenters. The molecule has 7 heteroatoms. The van der Waals surface area contributed by atoms with Crippen LogP contribution in [0, 0.1) is 0 Å². The third kappa shape index (κ3) is 3.58. The van der Waals surface area contributed by atoms with Gasteiger partial charge in [-0.15, -0.1) is 0 Å². The standard InChI is InChI=1S/C8H17N3O2S2/c1-7(10,3-14)6(13)11-8(2,4-15)5(9)12/h14-15H,3-4,10H2,1-2H3,(H2,9,12)(H,11,13)/t7?,8-/m0/s1. The Balaban J connectivity index is 4.72. The van der Waals surface area contributed by atoms with Gasteiger partial charge in [0, 0.05) is 11.5 Å². The number of amides is 2. The van der Waals surface area contributed by atoms with Crippen LogP contribution in [-0.4, -0.2) is 34.4 Å². The summed E-state index contributed by atoms with van der Waals surface area (Å²) in [4.78, 5) is 22.7. The molecule has 0 aromatic heterocycles. The molecule has 0 aliphatic rings. The summed E-state index contributed by atoms with van der Waals surface area (Å²) in [6.07, 6.45) is 0. The lowest BCUT2D eigenvalue weighted by Gasteiger charge is -2.30. The number of nitrogens with two attached hydrogens (primary N) is 2. The summed E-state index contributed by atoms with van der Waals surface area (Å²) in [5.74, 6) is -0.856.